The van der Waals surface area contributed by atoms with Crippen molar-refractivity contribution >= 4 is 27.7 Å². The summed E-state index contributed by atoms with van der Waals surface area (Å²) >= 11 is 3.40. The molecule has 2 heterocycles. The maximum Gasteiger partial charge on any atom is 0.341 e. The van der Waals surface area contributed by atoms with E-state index in [0.717, 1.165) is 42.3 Å². The van der Waals surface area contributed by atoms with Gasteiger partial charge in [0.1, 0.15) is 11.4 Å². The molecule has 1 aromatic heterocycles. The highest BCUT2D eigenvalue weighted by Gasteiger charge is 2.29. The molecule has 2 aliphatic rings. The summed E-state index contributed by atoms with van der Waals surface area (Å²) in [5.74, 6) is 0.416. The molecule has 3 rings (SSSR count). The van der Waals surface area contributed by atoms with E-state index in [2.05, 4.69) is 37.8 Å². The Hall–Kier alpha value is -1.14. The number of pyridine rings is 1. The quantitative estimate of drug-likeness (QED) is 0.706. The zero-order chi connectivity index (χ0) is 17.8. The summed E-state index contributed by atoms with van der Waals surface area (Å²) < 4.78 is 5.72. The molecule has 0 N–H and O–H groups in total. The Balaban J connectivity index is 1.65. The van der Waals surface area contributed by atoms with Gasteiger partial charge in [-0.1, -0.05) is 19.3 Å². The van der Waals surface area contributed by atoms with Crippen LogP contribution in [0.4, 0.5) is 5.82 Å². The molecule has 0 aromatic carbocycles. The predicted molar refractivity (Wildman–Crippen MR) is 103 cm³/mol. The van der Waals surface area contributed by atoms with Gasteiger partial charge in [0, 0.05) is 35.8 Å². The maximum absolute atomic E-state index is 12.1. The Kier molecular flexibility index (Phi) is 6.34. The van der Waals surface area contributed by atoms with Crippen LogP contribution >= 0.6 is 15.9 Å². The Bertz CT molecular complexity index is 596. The van der Waals surface area contributed by atoms with Gasteiger partial charge in [0.15, 0.2) is 0 Å². The molecule has 0 spiro atoms. The number of carbonyl (C=O) groups excluding carboxylic acids is 1. The summed E-state index contributed by atoms with van der Waals surface area (Å²) in [7, 11) is 3.71. The molecular formula is C19H28BrN3O2. The first-order valence-electron chi connectivity index (χ1n) is 9.31. The van der Waals surface area contributed by atoms with Crippen LogP contribution in [0.25, 0.3) is 0 Å². The predicted octanol–water partition coefficient (Wildman–Crippen LogP) is 3.86. The van der Waals surface area contributed by atoms with Crippen molar-refractivity contribution in [3.8, 4) is 0 Å². The first kappa shape index (κ1) is 18.6. The highest BCUT2D eigenvalue weighted by molar-refractivity contribution is 9.10. The first-order chi connectivity index (χ1) is 12.1. The van der Waals surface area contributed by atoms with E-state index in [0.29, 0.717) is 11.6 Å². The summed E-state index contributed by atoms with van der Waals surface area (Å²) in [6.45, 7) is 1.86. The van der Waals surface area contributed by atoms with Gasteiger partial charge < -0.3 is 14.5 Å². The second-order valence-electron chi connectivity index (χ2n) is 7.19. The van der Waals surface area contributed by atoms with E-state index in [1.54, 1.807) is 12.3 Å². The van der Waals surface area contributed by atoms with Gasteiger partial charge in [0.05, 0.1) is 7.11 Å². The molecule has 1 saturated heterocycles. The SMILES string of the molecule is COC(=O)c1cc(Br)cnc1N1CCC(N(C)C2CCCCC2)CC1. The van der Waals surface area contributed by atoms with Crippen molar-refractivity contribution < 1.29 is 9.53 Å². The Morgan fingerprint density at radius 1 is 1.20 bits per heavy atom. The number of carbonyl (C=O) groups is 1. The number of ether oxygens (including phenoxy) is 1. The van der Waals surface area contributed by atoms with Crippen LogP contribution in [0.3, 0.4) is 0 Å². The average Bonchev–Trinajstić information content (AvgIpc) is 2.67. The second kappa shape index (κ2) is 8.49. The van der Waals surface area contributed by atoms with Crippen LogP contribution in [0.5, 0.6) is 0 Å². The van der Waals surface area contributed by atoms with E-state index >= 15 is 0 Å². The van der Waals surface area contributed by atoms with E-state index in [9.17, 15) is 4.79 Å². The number of piperidine rings is 1. The molecule has 1 saturated carbocycles. The number of hydrogen-bond acceptors (Lipinski definition) is 5. The lowest BCUT2D eigenvalue weighted by atomic mass is 9.92. The van der Waals surface area contributed by atoms with Crippen molar-refractivity contribution in [1.29, 1.82) is 0 Å². The Morgan fingerprint density at radius 2 is 1.84 bits per heavy atom. The van der Waals surface area contributed by atoms with Crippen LogP contribution < -0.4 is 4.90 Å². The van der Waals surface area contributed by atoms with Crippen molar-refractivity contribution in [2.45, 2.75) is 57.0 Å². The molecule has 5 nitrogen and oxygen atoms in total. The molecular weight excluding hydrogens is 382 g/mol. The highest BCUT2D eigenvalue weighted by Crippen LogP contribution is 2.29. The minimum absolute atomic E-state index is 0.328. The van der Waals surface area contributed by atoms with E-state index in [1.807, 2.05) is 0 Å². The van der Waals surface area contributed by atoms with Gasteiger partial charge >= 0.3 is 5.97 Å². The zero-order valence-corrected chi connectivity index (χ0v) is 16.8. The standard InChI is InChI=1S/C19H28BrN3O2/c1-22(15-6-4-3-5-7-15)16-8-10-23(11-9-16)18-17(19(24)25-2)12-14(20)13-21-18/h12-13,15-16H,3-11H2,1-2H3. The molecule has 0 amide bonds. The number of anilines is 1. The molecule has 6 heteroatoms. The highest BCUT2D eigenvalue weighted by atomic mass is 79.9. The Morgan fingerprint density at radius 3 is 2.48 bits per heavy atom. The van der Waals surface area contributed by atoms with Gasteiger partial charge in [-0.25, -0.2) is 9.78 Å². The van der Waals surface area contributed by atoms with Crippen LogP contribution in [-0.2, 0) is 4.74 Å². The van der Waals surface area contributed by atoms with Gasteiger partial charge in [0.25, 0.3) is 0 Å². The smallest absolute Gasteiger partial charge is 0.341 e. The second-order valence-corrected chi connectivity index (χ2v) is 8.11. The topological polar surface area (TPSA) is 45.7 Å². The van der Waals surface area contributed by atoms with E-state index < -0.39 is 0 Å². The monoisotopic (exact) mass is 409 g/mol. The summed E-state index contributed by atoms with van der Waals surface area (Å²) in [6.07, 6.45) is 10.8. The number of hydrogen-bond donors (Lipinski definition) is 0. The van der Waals surface area contributed by atoms with Crippen LogP contribution in [-0.4, -0.2) is 55.2 Å². The van der Waals surface area contributed by atoms with Gasteiger partial charge in [-0.05, 0) is 54.7 Å². The summed E-state index contributed by atoms with van der Waals surface area (Å²) in [5, 5.41) is 0. The lowest BCUT2D eigenvalue weighted by molar-refractivity contribution is 0.0600. The molecule has 25 heavy (non-hydrogen) atoms. The number of nitrogens with zero attached hydrogens (tertiary/aromatic N) is 3. The molecule has 138 valence electrons. The Labute approximate surface area is 158 Å². The minimum Gasteiger partial charge on any atom is -0.465 e. The fraction of sp³-hybridized carbons (Fsp3) is 0.684. The lowest BCUT2D eigenvalue weighted by Gasteiger charge is -2.42. The zero-order valence-electron chi connectivity index (χ0n) is 15.2. The number of methoxy groups -OCH3 is 1. The number of halogens is 1. The molecule has 0 bridgehead atoms. The van der Waals surface area contributed by atoms with Crippen molar-refractivity contribution in [2.75, 3.05) is 32.1 Å². The normalized spacial score (nSPS) is 20.1. The van der Waals surface area contributed by atoms with E-state index in [1.165, 1.54) is 39.2 Å². The third-order valence-corrected chi connectivity index (χ3v) is 6.16. The summed E-state index contributed by atoms with van der Waals surface area (Å²) in [4.78, 5) is 21.4. The molecule has 1 aliphatic heterocycles. The largest absolute Gasteiger partial charge is 0.465 e. The lowest BCUT2D eigenvalue weighted by Crippen LogP contribution is -2.48. The minimum atomic E-state index is -0.328. The van der Waals surface area contributed by atoms with Crippen LogP contribution in [0.1, 0.15) is 55.3 Å². The van der Waals surface area contributed by atoms with Crippen molar-refractivity contribution in [3.63, 3.8) is 0 Å². The summed E-state index contributed by atoms with van der Waals surface area (Å²) in [6, 6.07) is 3.19. The maximum atomic E-state index is 12.1. The fourth-order valence-electron chi connectivity index (χ4n) is 4.22. The van der Waals surface area contributed by atoms with Crippen molar-refractivity contribution in [2.24, 2.45) is 0 Å². The molecule has 1 aliphatic carbocycles. The molecule has 2 fully saturated rings. The third kappa shape index (κ3) is 4.34. The number of rotatable bonds is 4. The molecule has 1 aromatic rings. The van der Waals surface area contributed by atoms with Crippen LogP contribution in [0.2, 0.25) is 0 Å². The van der Waals surface area contributed by atoms with E-state index in [-0.39, 0.29) is 5.97 Å². The number of aromatic nitrogens is 1. The van der Waals surface area contributed by atoms with Gasteiger partial charge in [-0.2, -0.15) is 0 Å². The average molecular weight is 410 g/mol. The first-order valence-corrected chi connectivity index (χ1v) is 10.1. The van der Waals surface area contributed by atoms with Crippen LogP contribution in [0.15, 0.2) is 16.7 Å². The molecule has 0 radical (unpaired) electrons. The fourth-order valence-corrected chi connectivity index (χ4v) is 4.55. The van der Waals surface area contributed by atoms with Crippen LogP contribution in [0, 0.1) is 0 Å². The molecule has 0 atom stereocenters. The van der Waals surface area contributed by atoms with Gasteiger partial charge in [0.2, 0.25) is 0 Å². The van der Waals surface area contributed by atoms with Gasteiger partial charge in [-0.3, -0.25) is 0 Å². The number of esters is 1. The third-order valence-electron chi connectivity index (χ3n) is 5.73. The summed E-state index contributed by atoms with van der Waals surface area (Å²) in [5.41, 5.74) is 0.538. The van der Waals surface area contributed by atoms with Crippen molar-refractivity contribution in [1.82, 2.24) is 9.88 Å². The van der Waals surface area contributed by atoms with E-state index in [4.69, 9.17) is 4.74 Å². The van der Waals surface area contributed by atoms with Gasteiger partial charge in [-0.15, -0.1) is 0 Å². The molecule has 0 unspecified atom stereocenters. The van der Waals surface area contributed by atoms with Crippen molar-refractivity contribution in [3.05, 3.63) is 22.3 Å².